The van der Waals surface area contributed by atoms with Crippen LogP contribution in [0.1, 0.15) is 5.56 Å². The SMILES string of the molecule is Cc1ccc(F)c(NC(=S)Nc2ccc(N(C)C)cc2)c1. The van der Waals surface area contributed by atoms with Gasteiger partial charge in [0, 0.05) is 25.5 Å². The molecule has 2 rings (SSSR count). The van der Waals surface area contributed by atoms with E-state index < -0.39 is 0 Å². The predicted octanol–water partition coefficient (Wildman–Crippen LogP) is 4.01. The summed E-state index contributed by atoms with van der Waals surface area (Å²) in [5.74, 6) is -0.326. The van der Waals surface area contributed by atoms with Gasteiger partial charge in [-0.25, -0.2) is 4.39 Å². The van der Waals surface area contributed by atoms with Gasteiger partial charge in [0.1, 0.15) is 5.82 Å². The maximum atomic E-state index is 13.7. The first-order chi connectivity index (χ1) is 9.95. The number of thiocarbonyl (C=S) groups is 1. The largest absolute Gasteiger partial charge is 0.378 e. The normalized spacial score (nSPS) is 10.1. The first-order valence-corrected chi connectivity index (χ1v) is 6.98. The topological polar surface area (TPSA) is 27.3 Å². The molecule has 0 fully saturated rings. The Bertz CT molecular complexity index is 638. The van der Waals surface area contributed by atoms with Gasteiger partial charge in [0.15, 0.2) is 5.11 Å². The lowest BCUT2D eigenvalue weighted by atomic mass is 10.2. The average Bonchev–Trinajstić information content (AvgIpc) is 2.43. The molecule has 0 aliphatic heterocycles. The van der Waals surface area contributed by atoms with Crippen molar-refractivity contribution < 1.29 is 4.39 Å². The van der Waals surface area contributed by atoms with E-state index in [1.807, 2.05) is 50.2 Å². The summed E-state index contributed by atoms with van der Waals surface area (Å²) >= 11 is 5.21. The first-order valence-electron chi connectivity index (χ1n) is 6.57. The summed E-state index contributed by atoms with van der Waals surface area (Å²) < 4.78 is 13.7. The first kappa shape index (κ1) is 15.3. The van der Waals surface area contributed by atoms with Crippen LogP contribution in [0, 0.1) is 12.7 Å². The Morgan fingerprint density at radius 2 is 1.71 bits per heavy atom. The van der Waals surface area contributed by atoms with Crippen molar-refractivity contribution in [3.63, 3.8) is 0 Å². The molecule has 0 saturated heterocycles. The maximum Gasteiger partial charge on any atom is 0.175 e. The van der Waals surface area contributed by atoms with Crippen molar-refractivity contribution in [2.75, 3.05) is 29.6 Å². The quantitative estimate of drug-likeness (QED) is 0.838. The molecule has 2 N–H and O–H groups in total. The molecule has 0 heterocycles. The maximum absolute atomic E-state index is 13.7. The molecular weight excluding hydrogens is 285 g/mol. The second-order valence-corrected chi connectivity index (χ2v) is 5.41. The molecule has 5 heteroatoms. The Morgan fingerprint density at radius 3 is 2.33 bits per heavy atom. The monoisotopic (exact) mass is 303 g/mol. The van der Waals surface area contributed by atoms with E-state index in [0.717, 1.165) is 16.9 Å². The number of nitrogens with one attached hydrogen (secondary N) is 2. The van der Waals surface area contributed by atoms with E-state index in [0.29, 0.717) is 10.8 Å². The van der Waals surface area contributed by atoms with Crippen LogP contribution >= 0.6 is 12.2 Å². The predicted molar refractivity (Wildman–Crippen MR) is 91.7 cm³/mol. The molecule has 3 nitrogen and oxygen atoms in total. The number of halogens is 1. The Labute approximate surface area is 129 Å². The summed E-state index contributed by atoms with van der Waals surface area (Å²) in [5, 5.41) is 6.27. The summed E-state index contributed by atoms with van der Waals surface area (Å²) in [5.41, 5.74) is 3.30. The number of nitrogens with zero attached hydrogens (tertiary/aromatic N) is 1. The fourth-order valence-electron chi connectivity index (χ4n) is 1.86. The standard InChI is InChI=1S/C16H18FN3S/c1-11-4-9-14(17)15(10-11)19-16(21)18-12-5-7-13(8-6-12)20(2)3/h4-10H,1-3H3,(H2,18,19,21). The smallest absolute Gasteiger partial charge is 0.175 e. The van der Waals surface area contributed by atoms with Crippen LogP contribution in [0.4, 0.5) is 21.5 Å². The van der Waals surface area contributed by atoms with Crippen molar-refractivity contribution in [3.8, 4) is 0 Å². The molecule has 21 heavy (non-hydrogen) atoms. The number of benzene rings is 2. The van der Waals surface area contributed by atoms with Crippen LogP contribution in [0.3, 0.4) is 0 Å². The number of rotatable bonds is 3. The lowest BCUT2D eigenvalue weighted by molar-refractivity contribution is 0.632. The van der Waals surface area contributed by atoms with Gasteiger partial charge in [0.05, 0.1) is 5.69 Å². The van der Waals surface area contributed by atoms with Crippen molar-refractivity contribution in [3.05, 3.63) is 53.8 Å². The minimum Gasteiger partial charge on any atom is -0.378 e. The van der Waals surface area contributed by atoms with Crippen LogP contribution < -0.4 is 15.5 Å². The number of hydrogen-bond donors (Lipinski definition) is 2. The zero-order chi connectivity index (χ0) is 15.4. The van der Waals surface area contributed by atoms with Crippen LogP contribution in [-0.4, -0.2) is 19.2 Å². The molecule has 0 aliphatic rings. The second kappa shape index (κ2) is 6.54. The van der Waals surface area contributed by atoms with Gasteiger partial charge < -0.3 is 15.5 Å². The highest BCUT2D eigenvalue weighted by Crippen LogP contribution is 2.18. The van der Waals surface area contributed by atoms with Crippen molar-refractivity contribution >= 4 is 34.4 Å². The molecule has 0 atom stereocenters. The molecule has 0 spiro atoms. The van der Waals surface area contributed by atoms with Gasteiger partial charge in [0.2, 0.25) is 0 Å². The van der Waals surface area contributed by atoms with E-state index in [4.69, 9.17) is 12.2 Å². The van der Waals surface area contributed by atoms with Crippen LogP contribution in [0.15, 0.2) is 42.5 Å². The van der Waals surface area contributed by atoms with E-state index in [1.165, 1.54) is 6.07 Å². The molecule has 0 aromatic heterocycles. The van der Waals surface area contributed by atoms with Crippen molar-refractivity contribution in [2.24, 2.45) is 0 Å². The lowest BCUT2D eigenvalue weighted by Gasteiger charge is -2.14. The third-order valence-corrected chi connectivity index (χ3v) is 3.22. The molecule has 2 aromatic rings. The zero-order valence-electron chi connectivity index (χ0n) is 12.3. The summed E-state index contributed by atoms with van der Waals surface area (Å²) in [4.78, 5) is 2.02. The van der Waals surface area contributed by atoms with Crippen LogP contribution in [0.5, 0.6) is 0 Å². The van der Waals surface area contributed by atoms with Gasteiger partial charge in [-0.2, -0.15) is 0 Å². The van der Waals surface area contributed by atoms with Gasteiger partial charge in [-0.3, -0.25) is 0 Å². The van der Waals surface area contributed by atoms with E-state index in [2.05, 4.69) is 10.6 Å². The highest BCUT2D eigenvalue weighted by molar-refractivity contribution is 7.80. The molecule has 110 valence electrons. The number of anilines is 3. The molecule has 0 amide bonds. The van der Waals surface area contributed by atoms with Crippen molar-refractivity contribution in [2.45, 2.75) is 6.92 Å². The Kier molecular flexibility index (Phi) is 4.75. The highest BCUT2D eigenvalue weighted by Gasteiger charge is 2.05. The molecule has 0 aliphatic carbocycles. The van der Waals surface area contributed by atoms with Gasteiger partial charge in [-0.15, -0.1) is 0 Å². The lowest BCUT2D eigenvalue weighted by Crippen LogP contribution is -2.20. The van der Waals surface area contributed by atoms with Crippen LogP contribution in [0.2, 0.25) is 0 Å². The molecule has 0 saturated carbocycles. The van der Waals surface area contributed by atoms with Crippen molar-refractivity contribution in [1.29, 1.82) is 0 Å². The zero-order valence-corrected chi connectivity index (χ0v) is 13.1. The summed E-state index contributed by atoms with van der Waals surface area (Å²) in [6.45, 7) is 1.90. The number of aryl methyl sites for hydroxylation is 1. The highest BCUT2D eigenvalue weighted by atomic mass is 32.1. The van der Waals surface area contributed by atoms with Crippen LogP contribution in [0.25, 0.3) is 0 Å². The van der Waals surface area contributed by atoms with Gasteiger partial charge >= 0.3 is 0 Å². The third-order valence-electron chi connectivity index (χ3n) is 3.01. The molecule has 2 aromatic carbocycles. The molecule has 0 bridgehead atoms. The van der Waals surface area contributed by atoms with Gasteiger partial charge in [-0.1, -0.05) is 6.07 Å². The van der Waals surface area contributed by atoms with Crippen molar-refractivity contribution in [1.82, 2.24) is 0 Å². The van der Waals surface area contributed by atoms with E-state index in [1.54, 1.807) is 12.1 Å². The van der Waals surface area contributed by atoms with Gasteiger partial charge in [-0.05, 0) is 61.1 Å². The number of hydrogen-bond acceptors (Lipinski definition) is 2. The fraction of sp³-hybridized carbons (Fsp3) is 0.188. The Hall–Kier alpha value is -2.14. The Balaban J connectivity index is 2.03. The summed E-state index contributed by atoms with van der Waals surface area (Å²) in [7, 11) is 3.96. The van der Waals surface area contributed by atoms with E-state index in [-0.39, 0.29) is 5.82 Å². The molecule has 0 unspecified atom stereocenters. The fourth-order valence-corrected chi connectivity index (χ4v) is 2.09. The van der Waals surface area contributed by atoms with Gasteiger partial charge in [0.25, 0.3) is 0 Å². The Morgan fingerprint density at radius 1 is 1.05 bits per heavy atom. The average molecular weight is 303 g/mol. The molecular formula is C16H18FN3S. The molecule has 0 radical (unpaired) electrons. The third kappa shape index (κ3) is 4.16. The minimum atomic E-state index is -0.326. The summed E-state index contributed by atoms with van der Waals surface area (Å²) in [6, 6.07) is 12.7. The van der Waals surface area contributed by atoms with Crippen LogP contribution in [-0.2, 0) is 0 Å². The van der Waals surface area contributed by atoms with E-state index in [9.17, 15) is 4.39 Å². The second-order valence-electron chi connectivity index (χ2n) is 5.00. The van der Waals surface area contributed by atoms with E-state index >= 15 is 0 Å². The minimum absolute atomic E-state index is 0.326. The summed E-state index contributed by atoms with van der Waals surface area (Å²) in [6.07, 6.45) is 0.